The number of nitrogens with zero attached hydrogens (tertiary/aromatic N) is 1. The number of hydrogen-bond acceptors (Lipinski definition) is 5. The Morgan fingerprint density at radius 3 is 2.26 bits per heavy atom. The first-order valence-corrected chi connectivity index (χ1v) is 11.3. The van der Waals surface area contributed by atoms with E-state index in [9.17, 15) is 13.6 Å². The van der Waals surface area contributed by atoms with Crippen LogP contribution in [-0.4, -0.2) is 58.3 Å². The van der Waals surface area contributed by atoms with Gasteiger partial charge in [0.25, 0.3) is 5.91 Å². The lowest BCUT2D eigenvalue weighted by Crippen LogP contribution is -2.40. The van der Waals surface area contributed by atoms with E-state index in [1.165, 1.54) is 33.5 Å². The highest BCUT2D eigenvalue weighted by atomic mass is 19.1. The van der Waals surface area contributed by atoms with Crippen molar-refractivity contribution in [2.45, 2.75) is 19.8 Å². The van der Waals surface area contributed by atoms with Crippen molar-refractivity contribution in [1.29, 1.82) is 0 Å². The SMILES string of the molecule is COc1cc(C(=O)N(C/C(C)=C/c2ccc(F)cc2F)CC2CCNCC2)cc(OC)c1OC. The molecule has 184 valence electrons. The van der Waals surface area contributed by atoms with Gasteiger partial charge >= 0.3 is 0 Å². The topological polar surface area (TPSA) is 60.0 Å². The second-order valence-electron chi connectivity index (χ2n) is 8.45. The van der Waals surface area contributed by atoms with Crippen LogP contribution in [0.1, 0.15) is 35.7 Å². The summed E-state index contributed by atoms with van der Waals surface area (Å²) in [6.45, 7) is 4.52. The van der Waals surface area contributed by atoms with E-state index >= 15 is 0 Å². The van der Waals surface area contributed by atoms with Crippen LogP contribution >= 0.6 is 0 Å². The third kappa shape index (κ3) is 6.26. The van der Waals surface area contributed by atoms with Gasteiger partial charge in [-0.2, -0.15) is 0 Å². The molecule has 1 aliphatic rings. The van der Waals surface area contributed by atoms with Crippen molar-refractivity contribution in [2.24, 2.45) is 5.92 Å². The Hall–Kier alpha value is -3.13. The summed E-state index contributed by atoms with van der Waals surface area (Å²) < 4.78 is 43.7. The summed E-state index contributed by atoms with van der Waals surface area (Å²) >= 11 is 0. The minimum atomic E-state index is -0.639. The van der Waals surface area contributed by atoms with Gasteiger partial charge in [0.1, 0.15) is 11.6 Å². The molecule has 1 aliphatic heterocycles. The molecule has 1 fully saturated rings. The van der Waals surface area contributed by atoms with Gasteiger partial charge in [-0.05, 0) is 63.0 Å². The van der Waals surface area contributed by atoms with E-state index < -0.39 is 11.6 Å². The second-order valence-corrected chi connectivity index (χ2v) is 8.45. The maximum atomic E-state index is 14.2. The number of piperidine rings is 1. The molecule has 2 aromatic rings. The maximum Gasteiger partial charge on any atom is 0.254 e. The number of benzene rings is 2. The number of rotatable bonds is 9. The van der Waals surface area contributed by atoms with E-state index in [0.29, 0.717) is 41.8 Å². The summed E-state index contributed by atoms with van der Waals surface area (Å²) in [4.78, 5) is 15.4. The minimum Gasteiger partial charge on any atom is -0.493 e. The molecule has 0 atom stereocenters. The van der Waals surface area contributed by atoms with Crippen LogP contribution in [0.5, 0.6) is 17.2 Å². The number of methoxy groups -OCH3 is 3. The summed E-state index contributed by atoms with van der Waals surface area (Å²) in [5.74, 6) is 0.0972. The van der Waals surface area contributed by atoms with Crippen LogP contribution in [-0.2, 0) is 0 Å². The quantitative estimate of drug-likeness (QED) is 0.579. The van der Waals surface area contributed by atoms with Gasteiger partial charge in [-0.15, -0.1) is 0 Å². The van der Waals surface area contributed by atoms with Gasteiger partial charge in [-0.25, -0.2) is 8.78 Å². The number of carbonyl (C=O) groups is 1. The van der Waals surface area contributed by atoms with Crippen molar-refractivity contribution in [1.82, 2.24) is 10.2 Å². The lowest BCUT2D eigenvalue weighted by atomic mass is 9.96. The van der Waals surface area contributed by atoms with Crippen LogP contribution in [0.3, 0.4) is 0 Å². The van der Waals surface area contributed by atoms with Gasteiger partial charge < -0.3 is 24.4 Å². The fourth-order valence-electron chi connectivity index (χ4n) is 4.21. The molecule has 1 heterocycles. The third-order valence-corrected chi connectivity index (χ3v) is 5.94. The predicted molar refractivity (Wildman–Crippen MR) is 128 cm³/mol. The van der Waals surface area contributed by atoms with Gasteiger partial charge in [0, 0.05) is 30.3 Å². The average molecular weight is 475 g/mol. The molecular weight excluding hydrogens is 442 g/mol. The summed E-state index contributed by atoms with van der Waals surface area (Å²) in [5, 5.41) is 3.34. The lowest BCUT2D eigenvalue weighted by molar-refractivity contribution is 0.0732. The van der Waals surface area contributed by atoms with E-state index in [0.717, 1.165) is 37.6 Å². The molecule has 0 aromatic heterocycles. The van der Waals surface area contributed by atoms with Crippen molar-refractivity contribution in [3.63, 3.8) is 0 Å². The molecule has 0 aliphatic carbocycles. The number of hydrogen-bond donors (Lipinski definition) is 1. The number of halogens is 2. The van der Waals surface area contributed by atoms with Crippen LogP contribution in [0, 0.1) is 17.6 Å². The Kier molecular flexibility index (Phi) is 8.87. The second kappa shape index (κ2) is 11.8. The average Bonchev–Trinajstić information content (AvgIpc) is 2.84. The van der Waals surface area contributed by atoms with E-state index in [2.05, 4.69) is 5.32 Å². The van der Waals surface area contributed by atoms with Gasteiger partial charge in [0.05, 0.1) is 21.3 Å². The Morgan fingerprint density at radius 2 is 1.71 bits per heavy atom. The molecule has 1 saturated heterocycles. The zero-order valence-corrected chi connectivity index (χ0v) is 20.1. The van der Waals surface area contributed by atoms with E-state index in [1.807, 2.05) is 6.92 Å². The van der Waals surface area contributed by atoms with E-state index in [4.69, 9.17) is 14.2 Å². The molecule has 1 amide bonds. The summed E-state index contributed by atoms with van der Waals surface area (Å²) in [7, 11) is 4.51. The first-order valence-electron chi connectivity index (χ1n) is 11.3. The highest BCUT2D eigenvalue weighted by Gasteiger charge is 2.25. The number of carbonyl (C=O) groups excluding carboxylic acids is 1. The van der Waals surface area contributed by atoms with Crippen molar-refractivity contribution in [3.8, 4) is 17.2 Å². The van der Waals surface area contributed by atoms with Crippen LogP contribution in [0.15, 0.2) is 35.9 Å². The standard InChI is InChI=1S/C26H32F2N2O4/c1-17(11-19-5-6-21(27)14-22(19)28)15-30(16-18-7-9-29-10-8-18)26(31)20-12-23(32-2)25(34-4)24(13-20)33-3/h5-6,11-14,18,29H,7-10,15-16H2,1-4H3/b17-11+. The predicted octanol–water partition coefficient (Wildman–Crippen LogP) is 4.54. The molecule has 1 N–H and O–H groups in total. The highest BCUT2D eigenvalue weighted by Crippen LogP contribution is 2.38. The molecule has 34 heavy (non-hydrogen) atoms. The summed E-state index contributed by atoms with van der Waals surface area (Å²) in [6.07, 6.45) is 3.58. The number of nitrogens with one attached hydrogen (secondary N) is 1. The fraction of sp³-hybridized carbons (Fsp3) is 0.423. The first-order chi connectivity index (χ1) is 16.4. The molecule has 0 unspecified atom stereocenters. The number of ether oxygens (including phenoxy) is 3. The Morgan fingerprint density at radius 1 is 1.06 bits per heavy atom. The molecule has 8 heteroatoms. The molecule has 0 bridgehead atoms. The van der Waals surface area contributed by atoms with Crippen LogP contribution in [0.2, 0.25) is 0 Å². The largest absolute Gasteiger partial charge is 0.493 e. The third-order valence-electron chi connectivity index (χ3n) is 5.94. The van der Waals surface area contributed by atoms with Crippen molar-refractivity contribution in [3.05, 3.63) is 58.7 Å². The first kappa shape index (κ1) is 25.5. The van der Waals surface area contributed by atoms with Gasteiger partial charge in [0.15, 0.2) is 11.5 Å². The minimum absolute atomic E-state index is 0.190. The van der Waals surface area contributed by atoms with Gasteiger partial charge in [-0.3, -0.25) is 4.79 Å². The Labute approximate surface area is 199 Å². The zero-order valence-electron chi connectivity index (χ0n) is 20.1. The Balaban J connectivity index is 1.92. The van der Waals surface area contributed by atoms with E-state index in [-0.39, 0.29) is 11.5 Å². The monoisotopic (exact) mass is 474 g/mol. The molecular formula is C26H32F2N2O4. The van der Waals surface area contributed by atoms with Crippen molar-refractivity contribution >= 4 is 12.0 Å². The van der Waals surface area contributed by atoms with Gasteiger partial charge in [-0.1, -0.05) is 11.6 Å². The molecule has 0 radical (unpaired) electrons. The zero-order chi connectivity index (χ0) is 24.7. The van der Waals surface area contributed by atoms with Crippen molar-refractivity contribution in [2.75, 3.05) is 47.5 Å². The van der Waals surface area contributed by atoms with Crippen molar-refractivity contribution < 1.29 is 27.8 Å². The van der Waals surface area contributed by atoms with Crippen LogP contribution in [0.25, 0.3) is 6.08 Å². The Bertz CT molecular complexity index is 1010. The molecule has 0 saturated carbocycles. The summed E-state index contributed by atoms with van der Waals surface area (Å²) in [6, 6.07) is 6.74. The normalized spacial score (nSPS) is 14.6. The molecule has 0 spiro atoms. The summed E-state index contributed by atoms with van der Waals surface area (Å²) in [5.41, 5.74) is 1.46. The fourth-order valence-corrected chi connectivity index (χ4v) is 4.21. The van der Waals surface area contributed by atoms with Crippen LogP contribution < -0.4 is 19.5 Å². The maximum absolute atomic E-state index is 14.2. The van der Waals surface area contributed by atoms with Crippen LogP contribution in [0.4, 0.5) is 8.78 Å². The smallest absolute Gasteiger partial charge is 0.254 e. The lowest BCUT2D eigenvalue weighted by Gasteiger charge is -2.31. The molecule has 6 nitrogen and oxygen atoms in total. The molecule has 3 rings (SSSR count). The van der Waals surface area contributed by atoms with Gasteiger partial charge in [0.2, 0.25) is 5.75 Å². The highest BCUT2D eigenvalue weighted by molar-refractivity contribution is 5.96. The molecule has 2 aromatic carbocycles. The number of amides is 1. The van der Waals surface area contributed by atoms with E-state index in [1.54, 1.807) is 23.1 Å².